The van der Waals surface area contributed by atoms with Crippen molar-refractivity contribution in [3.8, 4) is 0 Å². The molecular weight excluding hydrogens is 259 g/mol. The smallest absolute Gasteiger partial charge is 0.227 e. The summed E-state index contributed by atoms with van der Waals surface area (Å²) < 4.78 is 12.9. The van der Waals surface area contributed by atoms with E-state index in [1.54, 1.807) is 12.1 Å². The van der Waals surface area contributed by atoms with Gasteiger partial charge in [0.2, 0.25) is 11.8 Å². The van der Waals surface area contributed by atoms with E-state index in [1.165, 1.54) is 19.1 Å². The Morgan fingerprint density at radius 1 is 1.15 bits per heavy atom. The second kappa shape index (κ2) is 8.30. The number of halogens is 1. The Hall–Kier alpha value is -1.91. The first kappa shape index (κ1) is 16.1. The molecule has 1 unspecified atom stereocenters. The Bertz CT molecular complexity index is 446. The molecule has 5 heteroatoms. The van der Waals surface area contributed by atoms with Gasteiger partial charge < -0.3 is 10.6 Å². The van der Waals surface area contributed by atoms with Crippen molar-refractivity contribution in [2.75, 3.05) is 13.1 Å². The minimum atomic E-state index is -0.306. The van der Waals surface area contributed by atoms with Crippen LogP contribution >= 0.6 is 0 Å². The lowest BCUT2D eigenvalue weighted by atomic mass is 9.95. The van der Waals surface area contributed by atoms with Gasteiger partial charge in [0.25, 0.3) is 0 Å². The van der Waals surface area contributed by atoms with Gasteiger partial charge in [0.1, 0.15) is 5.82 Å². The first-order valence-electron chi connectivity index (χ1n) is 6.82. The zero-order valence-corrected chi connectivity index (χ0v) is 11.9. The molecule has 1 rings (SSSR count). The van der Waals surface area contributed by atoms with Crippen LogP contribution in [-0.4, -0.2) is 24.9 Å². The summed E-state index contributed by atoms with van der Waals surface area (Å²) in [6, 6.07) is 6.00. The molecule has 1 aromatic carbocycles. The average molecular weight is 280 g/mol. The Balaban J connectivity index is 2.43. The summed E-state index contributed by atoms with van der Waals surface area (Å²) in [7, 11) is 0. The normalized spacial score (nSPS) is 11.8. The predicted molar refractivity (Wildman–Crippen MR) is 75.7 cm³/mol. The number of hydrogen-bond acceptors (Lipinski definition) is 2. The quantitative estimate of drug-likeness (QED) is 0.750. The lowest BCUT2D eigenvalue weighted by molar-refractivity contribution is -0.122. The summed E-state index contributed by atoms with van der Waals surface area (Å²) in [5.74, 6) is -0.716. The maximum atomic E-state index is 12.9. The highest BCUT2D eigenvalue weighted by molar-refractivity contribution is 5.83. The van der Waals surface area contributed by atoms with Gasteiger partial charge in [-0.1, -0.05) is 19.1 Å². The molecule has 20 heavy (non-hydrogen) atoms. The van der Waals surface area contributed by atoms with Crippen LogP contribution in [0.15, 0.2) is 24.3 Å². The number of benzene rings is 1. The highest BCUT2D eigenvalue weighted by atomic mass is 19.1. The first-order chi connectivity index (χ1) is 9.54. The van der Waals surface area contributed by atoms with Crippen LogP contribution in [0.5, 0.6) is 0 Å². The van der Waals surface area contributed by atoms with E-state index in [-0.39, 0.29) is 23.5 Å². The van der Waals surface area contributed by atoms with Crippen molar-refractivity contribution >= 4 is 11.8 Å². The molecule has 0 saturated carbocycles. The van der Waals surface area contributed by atoms with Gasteiger partial charge >= 0.3 is 0 Å². The highest BCUT2D eigenvalue weighted by Crippen LogP contribution is 2.19. The third kappa shape index (κ3) is 5.38. The van der Waals surface area contributed by atoms with Gasteiger partial charge in [-0.3, -0.25) is 9.59 Å². The molecule has 2 amide bonds. The Kier molecular flexibility index (Phi) is 6.70. The lowest BCUT2D eigenvalue weighted by Crippen LogP contribution is -2.32. The lowest BCUT2D eigenvalue weighted by Gasteiger charge is -2.15. The number of carbonyl (C=O) groups excluding carboxylic acids is 2. The molecule has 0 radical (unpaired) electrons. The highest BCUT2D eigenvalue weighted by Gasteiger charge is 2.17. The van der Waals surface area contributed by atoms with Crippen molar-refractivity contribution in [3.63, 3.8) is 0 Å². The van der Waals surface area contributed by atoms with Crippen LogP contribution in [0.4, 0.5) is 4.39 Å². The van der Waals surface area contributed by atoms with Crippen molar-refractivity contribution in [1.29, 1.82) is 0 Å². The Labute approximate surface area is 118 Å². The minimum absolute atomic E-state index is 0.0677. The molecule has 4 nitrogen and oxygen atoms in total. The number of hydrogen-bond donors (Lipinski definition) is 2. The molecule has 0 aromatic heterocycles. The van der Waals surface area contributed by atoms with Crippen molar-refractivity contribution in [2.45, 2.75) is 32.6 Å². The largest absolute Gasteiger partial charge is 0.356 e. The molecular formula is C15H21FN2O2. The van der Waals surface area contributed by atoms with E-state index in [9.17, 15) is 14.0 Å². The Morgan fingerprint density at radius 2 is 1.75 bits per heavy atom. The fourth-order valence-corrected chi connectivity index (χ4v) is 1.96. The van der Waals surface area contributed by atoms with E-state index in [1.807, 2.05) is 6.92 Å². The number of amides is 2. The maximum Gasteiger partial charge on any atom is 0.227 e. The standard InChI is InChI=1S/C15H21FN2O2/c1-3-14(12-5-7-13(16)8-6-12)15(20)18-10-4-9-17-11(2)19/h5-8,14H,3-4,9-10H2,1-2H3,(H,17,19)(H,18,20). The van der Waals surface area contributed by atoms with Gasteiger partial charge in [-0.15, -0.1) is 0 Å². The average Bonchev–Trinajstić information content (AvgIpc) is 2.41. The van der Waals surface area contributed by atoms with Crippen molar-refractivity contribution in [3.05, 3.63) is 35.6 Å². The van der Waals surface area contributed by atoms with Crippen molar-refractivity contribution < 1.29 is 14.0 Å². The number of carbonyl (C=O) groups is 2. The van der Waals surface area contributed by atoms with E-state index in [2.05, 4.69) is 10.6 Å². The van der Waals surface area contributed by atoms with E-state index in [0.29, 0.717) is 25.9 Å². The summed E-state index contributed by atoms with van der Waals surface area (Å²) in [6.07, 6.45) is 1.34. The van der Waals surface area contributed by atoms with Crippen LogP contribution in [0.1, 0.15) is 38.2 Å². The van der Waals surface area contributed by atoms with E-state index >= 15 is 0 Å². The molecule has 1 aromatic rings. The van der Waals surface area contributed by atoms with Gasteiger partial charge in [0.05, 0.1) is 5.92 Å². The summed E-state index contributed by atoms with van der Waals surface area (Å²) in [6.45, 7) is 4.44. The summed E-state index contributed by atoms with van der Waals surface area (Å²) in [5.41, 5.74) is 0.813. The fraction of sp³-hybridized carbons (Fsp3) is 0.467. The van der Waals surface area contributed by atoms with Gasteiger partial charge in [0.15, 0.2) is 0 Å². The summed E-state index contributed by atoms with van der Waals surface area (Å²) in [4.78, 5) is 22.7. The first-order valence-corrected chi connectivity index (χ1v) is 6.82. The molecule has 0 heterocycles. The topological polar surface area (TPSA) is 58.2 Å². The SMILES string of the molecule is CCC(C(=O)NCCCNC(C)=O)c1ccc(F)cc1. The zero-order chi connectivity index (χ0) is 15.0. The van der Waals surface area contributed by atoms with Gasteiger partial charge in [0, 0.05) is 20.0 Å². The fourth-order valence-electron chi connectivity index (χ4n) is 1.96. The second-order valence-corrected chi connectivity index (χ2v) is 4.64. The Morgan fingerprint density at radius 3 is 2.30 bits per heavy atom. The molecule has 0 saturated heterocycles. The van der Waals surface area contributed by atoms with Crippen molar-refractivity contribution in [1.82, 2.24) is 10.6 Å². The van der Waals surface area contributed by atoms with Crippen LogP contribution in [0.2, 0.25) is 0 Å². The second-order valence-electron chi connectivity index (χ2n) is 4.64. The van der Waals surface area contributed by atoms with Gasteiger partial charge in [-0.2, -0.15) is 0 Å². The summed E-state index contributed by atoms with van der Waals surface area (Å²) in [5, 5.41) is 5.50. The zero-order valence-electron chi connectivity index (χ0n) is 11.9. The maximum absolute atomic E-state index is 12.9. The number of rotatable bonds is 7. The van der Waals surface area contributed by atoms with Gasteiger partial charge in [-0.05, 0) is 30.5 Å². The van der Waals surface area contributed by atoms with Gasteiger partial charge in [-0.25, -0.2) is 4.39 Å². The summed E-state index contributed by atoms with van der Waals surface area (Å²) >= 11 is 0. The van der Waals surface area contributed by atoms with Crippen molar-refractivity contribution in [2.24, 2.45) is 0 Å². The third-order valence-corrected chi connectivity index (χ3v) is 3.02. The molecule has 110 valence electrons. The molecule has 0 aliphatic heterocycles. The third-order valence-electron chi connectivity index (χ3n) is 3.02. The molecule has 0 fully saturated rings. The van der Waals surface area contributed by atoms with Crippen LogP contribution in [0.25, 0.3) is 0 Å². The van der Waals surface area contributed by atoms with E-state index < -0.39 is 0 Å². The van der Waals surface area contributed by atoms with E-state index in [0.717, 1.165) is 5.56 Å². The number of nitrogens with one attached hydrogen (secondary N) is 2. The monoisotopic (exact) mass is 280 g/mol. The van der Waals surface area contributed by atoms with Crippen LogP contribution in [0, 0.1) is 5.82 Å². The predicted octanol–water partition coefficient (Wildman–Crippen LogP) is 1.96. The van der Waals surface area contributed by atoms with E-state index in [4.69, 9.17) is 0 Å². The molecule has 2 N–H and O–H groups in total. The molecule has 1 atom stereocenters. The minimum Gasteiger partial charge on any atom is -0.356 e. The molecule has 0 spiro atoms. The molecule has 0 bridgehead atoms. The molecule has 0 aliphatic rings. The van der Waals surface area contributed by atoms with Crippen LogP contribution < -0.4 is 10.6 Å². The van der Waals surface area contributed by atoms with Crippen LogP contribution in [-0.2, 0) is 9.59 Å². The van der Waals surface area contributed by atoms with Crippen LogP contribution in [0.3, 0.4) is 0 Å². The molecule has 0 aliphatic carbocycles.